The van der Waals surface area contributed by atoms with Crippen molar-refractivity contribution in [2.24, 2.45) is 4.40 Å². The lowest BCUT2D eigenvalue weighted by Gasteiger charge is -2.30. The molecule has 2 aliphatic heterocycles. The fourth-order valence-corrected chi connectivity index (χ4v) is 5.91. The van der Waals surface area contributed by atoms with Gasteiger partial charge in [0.2, 0.25) is 0 Å². The zero-order chi connectivity index (χ0) is 22.9. The van der Waals surface area contributed by atoms with Gasteiger partial charge in [0.1, 0.15) is 16.3 Å². The van der Waals surface area contributed by atoms with Crippen molar-refractivity contribution in [1.82, 2.24) is 5.32 Å². The number of sulfonamides is 1. The molecule has 0 bridgehead atoms. The lowest BCUT2D eigenvalue weighted by atomic mass is 10.00. The average Bonchev–Trinajstić information content (AvgIpc) is 3.09. The molecule has 0 aromatic heterocycles. The van der Waals surface area contributed by atoms with Crippen LogP contribution in [0.5, 0.6) is 0 Å². The molecule has 0 spiro atoms. The van der Waals surface area contributed by atoms with Crippen molar-refractivity contribution in [2.45, 2.75) is 61.8 Å². The first-order valence-electron chi connectivity index (χ1n) is 10.6. The second-order valence-corrected chi connectivity index (χ2v) is 10.2. The molecule has 1 aromatic carbocycles. The van der Waals surface area contributed by atoms with Gasteiger partial charge in [0.25, 0.3) is 15.9 Å². The lowest BCUT2D eigenvalue weighted by molar-refractivity contribution is -0.125. The summed E-state index contributed by atoms with van der Waals surface area (Å²) < 4.78 is 34.5. The number of anilines is 1. The number of carbonyl (C=O) groups is 2. The van der Waals surface area contributed by atoms with Crippen LogP contribution in [0.1, 0.15) is 61.7 Å². The van der Waals surface area contributed by atoms with Gasteiger partial charge < -0.3 is 15.0 Å². The van der Waals surface area contributed by atoms with Crippen LogP contribution >= 0.6 is 11.6 Å². The van der Waals surface area contributed by atoms with Crippen molar-refractivity contribution in [3.8, 4) is 6.07 Å². The van der Waals surface area contributed by atoms with Crippen LogP contribution in [0.2, 0.25) is 5.02 Å². The van der Waals surface area contributed by atoms with Crippen molar-refractivity contribution in [2.75, 3.05) is 18.1 Å². The molecule has 9 nitrogen and oxygen atoms in total. The number of carbonyl (C=O) groups excluding carboxylic acids is 2. The van der Waals surface area contributed by atoms with Crippen molar-refractivity contribution in [3.05, 3.63) is 22.7 Å². The number of fused-ring (bicyclic) bond motifs is 3. The van der Waals surface area contributed by atoms with Crippen LogP contribution in [0.15, 0.2) is 21.4 Å². The van der Waals surface area contributed by atoms with E-state index in [2.05, 4.69) is 15.8 Å². The van der Waals surface area contributed by atoms with E-state index in [0.29, 0.717) is 37.3 Å². The number of nitrogens with zero attached hydrogens (tertiary/aromatic N) is 3. The van der Waals surface area contributed by atoms with Gasteiger partial charge in [0.05, 0.1) is 22.3 Å². The topological polar surface area (TPSA) is 129 Å². The summed E-state index contributed by atoms with van der Waals surface area (Å²) in [7, 11) is -4.00. The Morgan fingerprint density at radius 2 is 1.97 bits per heavy atom. The van der Waals surface area contributed by atoms with E-state index in [9.17, 15) is 23.3 Å². The summed E-state index contributed by atoms with van der Waals surface area (Å²) in [5, 5.41) is 12.0. The van der Waals surface area contributed by atoms with Gasteiger partial charge in [-0.15, -0.1) is 4.40 Å². The van der Waals surface area contributed by atoms with Crippen LogP contribution in [0.25, 0.3) is 0 Å². The first-order chi connectivity index (χ1) is 15.2. The molecular weight excluding hydrogens is 456 g/mol. The molecule has 11 heteroatoms. The molecule has 32 heavy (non-hydrogen) atoms. The quantitative estimate of drug-likeness (QED) is 0.658. The number of nitriles is 1. The minimum Gasteiger partial charge on any atom is -0.452 e. The summed E-state index contributed by atoms with van der Waals surface area (Å²) in [5.74, 6) is -1.04. The summed E-state index contributed by atoms with van der Waals surface area (Å²) >= 11 is 6.31. The first-order valence-corrected chi connectivity index (χ1v) is 12.4. The molecule has 2 heterocycles. The van der Waals surface area contributed by atoms with E-state index in [1.165, 1.54) is 6.07 Å². The van der Waals surface area contributed by atoms with Gasteiger partial charge in [0.15, 0.2) is 6.61 Å². The monoisotopic (exact) mass is 478 g/mol. The third-order valence-corrected chi connectivity index (χ3v) is 7.69. The maximum absolute atomic E-state index is 12.8. The van der Waals surface area contributed by atoms with E-state index in [-0.39, 0.29) is 15.5 Å². The van der Waals surface area contributed by atoms with Crippen molar-refractivity contribution < 1.29 is 22.7 Å². The molecule has 3 aliphatic rings. The first kappa shape index (κ1) is 22.6. The number of hydrogen-bond acceptors (Lipinski definition) is 7. The van der Waals surface area contributed by atoms with Crippen LogP contribution < -0.4 is 10.2 Å². The van der Waals surface area contributed by atoms with Crippen LogP contribution in [-0.4, -0.2) is 44.8 Å². The van der Waals surface area contributed by atoms with Gasteiger partial charge in [-0.3, -0.25) is 4.79 Å². The van der Waals surface area contributed by atoms with Crippen molar-refractivity contribution >= 4 is 45.0 Å². The van der Waals surface area contributed by atoms with Crippen LogP contribution in [0.3, 0.4) is 0 Å². The lowest BCUT2D eigenvalue weighted by Crippen LogP contribution is -2.46. The normalized spacial score (nSPS) is 20.8. The van der Waals surface area contributed by atoms with E-state index in [1.54, 1.807) is 0 Å². The van der Waals surface area contributed by atoms with Crippen molar-refractivity contribution in [1.29, 1.82) is 5.26 Å². The number of halogens is 1. The molecule has 2 fully saturated rings. The summed E-state index contributed by atoms with van der Waals surface area (Å²) in [6.07, 6.45) is 6.06. The number of amides is 1. The largest absolute Gasteiger partial charge is 0.452 e. The predicted octanol–water partition coefficient (Wildman–Crippen LogP) is 2.93. The third-order valence-electron chi connectivity index (χ3n) is 6.04. The minimum absolute atomic E-state index is 0.0270. The minimum atomic E-state index is -4.00. The summed E-state index contributed by atoms with van der Waals surface area (Å²) in [4.78, 5) is 26.5. The highest BCUT2D eigenvalue weighted by atomic mass is 35.5. The highest BCUT2D eigenvalue weighted by Crippen LogP contribution is 2.38. The summed E-state index contributed by atoms with van der Waals surface area (Å²) in [6.45, 7) is 0.0130. The Morgan fingerprint density at radius 3 is 2.69 bits per heavy atom. The molecule has 0 radical (unpaired) electrons. The number of benzene rings is 1. The van der Waals surface area contributed by atoms with Crippen LogP contribution in [0, 0.1) is 11.3 Å². The van der Waals surface area contributed by atoms with E-state index >= 15 is 0 Å². The van der Waals surface area contributed by atoms with Crippen LogP contribution in [-0.2, 0) is 19.6 Å². The second kappa shape index (κ2) is 8.71. The maximum Gasteiger partial charge on any atom is 0.340 e. The highest BCUT2D eigenvalue weighted by Gasteiger charge is 2.36. The van der Waals surface area contributed by atoms with E-state index < -0.39 is 34.0 Å². The number of esters is 1. The molecule has 4 rings (SSSR count). The summed E-state index contributed by atoms with van der Waals surface area (Å²) in [5.41, 5.74) is -0.691. The smallest absolute Gasteiger partial charge is 0.340 e. The number of amidine groups is 1. The standard InChI is InChI=1S/C21H23ClN4O5S/c22-15-11-16-17(32(29,30)25-18-6-2-1-5-9-26(16)18)10-14(15)20(28)31-12-19(27)24-21(13-23)7-3-4-8-21/h10-11H,1-9,12H2,(H,24,27). The Kier molecular flexibility index (Phi) is 6.14. The van der Waals surface area contributed by atoms with Crippen molar-refractivity contribution in [3.63, 3.8) is 0 Å². The van der Waals surface area contributed by atoms with Crippen LogP contribution in [0.4, 0.5) is 5.69 Å². The molecule has 1 aliphatic carbocycles. The molecule has 0 atom stereocenters. The summed E-state index contributed by atoms with van der Waals surface area (Å²) in [6, 6.07) is 4.73. The van der Waals surface area contributed by atoms with Gasteiger partial charge in [-0.2, -0.15) is 13.7 Å². The van der Waals surface area contributed by atoms with E-state index in [0.717, 1.165) is 38.2 Å². The van der Waals surface area contributed by atoms with Gasteiger partial charge in [0, 0.05) is 13.0 Å². The Labute approximate surface area is 191 Å². The molecule has 1 saturated heterocycles. The molecular formula is C21H23ClN4O5S. The Balaban J connectivity index is 1.53. The molecule has 170 valence electrons. The average molecular weight is 479 g/mol. The molecule has 0 unspecified atom stereocenters. The highest BCUT2D eigenvalue weighted by molar-refractivity contribution is 7.90. The zero-order valence-electron chi connectivity index (χ0n) is 17.4. The van der Waals surface area contributed by atoms with Gasteiger partial charge in [-0.25, -0.2) is 4.79 Å². The molecule has 1 N–H and O–H groups in total. The number of nitrogens with one attached hydrogen (secondary N) is 1. The van der Waals surface area contributed by atoms with Gasteiger partial charge in [-0.1, -0.05) is 18.0 Å². The fourth-order valence-electron chi connectivity index (χ4n) is 4.41. The molecule has 1 aromatic rings. The number of hydrogen-bond donors (Lipinski definition) is 1. The van der Waals surface area contributed by atoms with E-state index in [4.69, 9.17) is 16.3 Å². The predicted molar refractivity (Wildman–Crippen MR) is 117 cm³/mol. The van der Waals surface area contributed by atoms with Gasteiger partial charge in [-0.05, 0) is 50.7 Å². The Bertz CT molecular complexity index is 1140. The van der Waals surface area contributed by atoms with E-state index in [1.807, 2.05) is 4.90 Å². The second-order valence-electron chi connectivity index (χ2n) is 8.27. The Morgan fingerprint density at radius 1 is 1.22 bits per heavy atom. The third kappa shape index (κ3) is 4.32. The Hall–Kier alpha value is -2.64. The number of ether oxygens (including phenoxy) is 1. The molecule has 1 amide bonds. The van der Waals surface area contributed by atoms with Gasteiger partial charge >= 0.3 is 5.97 Å². The number of rotatable bonds is 4. The molecule has 1 saturated carbocycles. The SMILES string of the molecule is N#CC1(NC(=O)COC(=O)c2cc3c(cc2Cl)N2CCCCCC2=NS3(=O)=O)CCCC1. The zero-order valence-corrected chi connectivity index (χ0v) is 19.0. The maximum atomic E-state index is 12.8. The fraction of sp³-hybridized carbons (Fsp3) is 0.524.